The molecule has 0 spiro atoms. The Kier molecular flexibility index (Phi) is 5.24. The zero-order chi connectivity index (χ0) is 14.4. The summed E-state index contributed by atoms with van der Waals surface area (Å²) in [5, 5.41) is 4.33. The van der Waals surface area contributed by atoms with Crippen molar-refractivity contribution < 1.29 is 4.79 Å². The van der Waals surface area contributed by atoms with Crippen LogP contribution in [0.4, 0.5) is 0 Å². The highest BCUT2D eigenvalue weighted by Crippen LogP contribution is 2.07. The Hall–Kier alpha value is -1.75. The third-order valence-electron chi connectivity index (χ3n) is 3.05. The van der Waals surface area contributed by atoms with Gasteiger partial charge in [-0.3, -0.25) is 9.48 Å². The minimum atomic E-state index is 0.107. The van der Waals surface area contributed by atoms with Gasteiger partial charge in [-0.05, 0) is 11.3 Å². The summed E-state index contributed by atoms with van der Waals surface area (Å²) in [6, 6.07) is 10.2. The molecule has 2 rings (SSSR count). The second kappa shape index (κ2) is 7.14. The molecule has 1 aromatic carbocycles. The largest absolute Gasteiger partial charge is 0.341 e. The highest BCUT2D eigenvalue weighted by molar-refractivity contribution is 7.80. The number of carbonyl (C=O) groups excluding carboxylic acids is 1. The minimum Gasteiger partial charge on any atom is -0.341 e. The fourth-order valence-corrected chi connectivity index (χ4v) is 2.18. The van der Waals surface area contributed by atoms with E-state index in [1.54, 1.807) is 11.9 Å². The van der Waals surface area contributed by atoms with Gasteiger partial charge in [0.05, 0.1) is 12.7 Å². The quantitative estimate of drug-likeness (QED) is 0.828. The Labute approximate surface area is 124 Å². The third kappa shape index (κ3) is 4.13. The number of nitrogens with zero attached hydrogens (tertiary/aromatic N) is 3. The fourth-order valence-electron chi connectivity index (χ4n) is 1.99. The van der Waals surface area contributed by atoms with Crippen LogP contribution in [-0.2, 0) is 17.9 Å². The van der Waals surface area contributed by atoms with Gasteiger partial charge in [-0.1, -0.05) is 30.3 Å². The van der Waals surface area contributed by atoms with E-state index in [1.165, 1.54) is 5.56 Å². The van der Waals surface area contributed by atoms with E-state index in [0.29, 0.717) is 18.7 Å². The van der Waals surface area contributed by atoms with E-state index in [9.17, 15) is 4.79 Å². The highest BCUT2D eigenvalue weighted by Gasteiger charge is 2.09. The lowest BCUT2D eigenvalue weighted by molar-refractivity contribution is -0.129. The van der Waals surface area contributed by atoms with Gasteiger partial charge in [0.1, 0.15) is 0 Å². The zero-order valence-corrected chi connectivity index (χ0v) is 12.5. The lowest BCUT2D eigenvalue weighted by atomic mass is 10.2. The Bertz CT molecular complexity index is 553. The molecule has 0 unspecified atom stereocenters. The second-order valence-electron chi connectivity index (χ2n) is 4.76. The van der Waals surface area contributed by atoms with Crippen molar-refractivity contribution in [1.82, 2.24) is 14.7 Å². The summed E-state index contributed by atoms with van der Waals surface area (Å²) in [5.74, 6) is 0.687. The molecule has 0 aliphatic heterocycles. The van der Waals surface area contributed by atoms with E-state index in [0.717, 1.165) is 12.1 Å². The van der Waals surface area contributed by atoms with Gasteiger partial charge in [0.15, 0.2) is 0 Å². The SMILES string of the molecule is CN(Cc1cnn(Cc2ccccc2)c1)C(=O)CCS. The molecule has 0 saturated heterocycles. The molecule has 0 aliphatic carbocycles. The van der Waals surface area contributed by atoms with Crippen LogP contribution in [-0.4, -0.2) is 33.4 Å². The lowest BCUT2D eigenvalue weighted by Crippen LogP contribution is -2.26. The van der Waals surface area contributed by atoms with E-state index in [2.05, 4.69) is 29.9 Å². The summed E-state index contributed by atoms with van der Waals surface area (Å²) in [5.41, 5.74) is 2.25. The maximum Gasteiger partial charge on any atom is 0.223 e. The van der Waals surface area contributed by atoms with Gasteiger partial charge in [-0.2, -0.15) is 17.7 Å². The molecule has 4 nitrogen and oxygen atoms in total. The van der Waals surface area contributed by atoms with E-state index in [4.69, 9.17) is 0 Å². The van der Waals surface area contributed by atoms with Crippen molar-refractivity contribution >= 4 is 18.5 Å². The van der Waals surface area contributed by atoms with Crippen molar-refractivity contribution in [3.63, 3.8) is 0 Å². The van der Waals surface area contributed by atoms with Crippen molar-refractivity contribution in [3.05, 3.63) is 53.9 Å². The van der Waals surface area contributed by atoms with Gasteiger partial charge in [0.25, 0.3) is 0 Å². The molecule has 0 radical (unpaired) electrons. The van der Waals surface area contributed by atoms with E-state index in [1.807, 2.05) is 35.3 Å². The molecule has 1 heterocycles. The Morgan fingerprint density at radius 1 is 1.30 bits per heavy atom. The number of rotatable bonds is 6. The van der Waals surface area contributed by atoms with Gasteiger partial charge in [-0.25, -0.2) is 0 Å². The summed E-state index contributed by atoms with van der Waals surface area (Å²) < 4.78 is 1.89. The van der Waals surface area contributed by atoms with Gasteiger partial charge >= 0.3 is 0 Å². The molecule has 5 heteroatoms. The molecule has 0 fully saturated rings. The summed E-state index contributed by atoms with van der Waals surface area (Å²) in [7, 11) is 1.81. The number of benzene rings is 1. The smallest absolute Gasteiger partial charge is 0.223 e. The van der Waals surface area contributed by atoms with E-state index in [-0.39, 0.29) is 5.91 Å². The molecule has 106 valence electrons. The number of aromatic nitrogens is 2. The molecular formula is C15H19N3OS. The van der Waals surface area contributed by atoms with Crippen LogP contribution in [0.1, 0.15) is 17.5 Å². The molecular weight excluding hydrogens is 270 g/mol. The standard InChI is InChI=1S/C15H19N3OS/c1-17(15(19)7-8-20)10-14-9-16-18(12-14)11-13-5-3-2-4-6-13/h2-6,9,12,20H,7-8,10-11H2,1H3. The van der Waals surface area contributed by atoms with E-state index < -0.39 is 0 Å². The Morgan fingerprint density at radius 3 is 2.75 bits per heavy atom. The van der Waals surface area contributed by atoms with Crippen LogP contribution in [0, 0.1) is 0 Å². The summed E-state index contributed by atoms with van der Waals surface area (Å²) in [6.45, 7) is 1.33. The van der Waals surface area contributed by atoms with Crippen molar-refractivity contribution in [2.45, 2.75) is 19.5 Å². The average Bonchev–Trinajstić information content (AvgIpc) is 2.87. The number of amides is 1. The molecule has 0 atom stereocenters. The number of carbonyl (C=O) groups is 1. The average molecular weight is 289 g/mol. The molecule has 0 bridgehead atoms. The summed E-state index contributed by atoms with van der Waals surface area (Å²) in [4.78, 5) is 13.4. The molecule has 0 aliphatic rings. The first-order chi connectivity index (χ1) is 9.69. The second-order valence-corrected chi connectivity index (χ2v) is 5.20. The van der Waals surface area contributed by atoms with Crippen LogP contribution < -0.4 is 0 Å². The highest BCUT2D eigenvalue weighted by atomic mass is 32.1. The van der Waals surface area contributed by atoms with Crippen LogP contribution in [0.5, 0.6) is 0 Å². The first-order valence-corrected chi connectivity index (χ1v) is 7.22. The van der Waals surface area contributed by atoms with Crippen molar-refractivity contribution in [3.8, 4) is 0 Å². The van der Waals surface area contributed by atoms with Crippen molar-refractivity contribution in [2.75, 3.05) is 12.8 Å². The van der Waals surface area contributed by atoms with Gasteiger partial charge < -0.3 is 4.90 Å². The molecule has 0 N–H and O–H groups in total. The maximum absolute atomic E-state index is 11.7. The number of hydrogen-bond donors (Lipinski definition) is 1. The predicted molar refractivity (Wildman–Crippen MR) is 82.7 cm³/mol. The maximum atomic E-state index is 11.7. The normalized spacial score (nSPS) is 10.5. The van der Waals surface area contributed by atoms with Crippen molar-refractivity contribution in [2.24, 2.45) is 0 Å². The Morgan fingerprint density at radius 2 is 2.05 bits per heavy atom. The third-order valence-corrected chi connectivity index (χ3v) is 3.27. The monoisotopic (exact) mass is 289 g/mol. The Balaban J connectivity index is 1.94. The van der Waals surface area contributed by atoms with Crippen LogP contribution >= 0.6 is 12.6 Å². The lowest BCUT2D eigenvalue weighted by Gasteiger charge is -2.15. The number of hydrogen-bond acceptors (Lipinski definition) is 3. The molecule has 0 saturated carbocycles. The van der Waals surface area contributed by atoms with Crippen molar-refractivity contribution in [1.29, 1.82) is 0 Å². The molecule has 1 aromatic heterocycles. The summed E-state index contributed by atoms with van der Waals surface area (Å²) >= 11 is 4.08. The number of thiol groups is 1. The minimum absolute atomic E-state index is 0.107. The van der Waals surface area contributed by atoms with Gasteiger partial charge in [0, 0.05) is 31.8 Å². The zero-order valence-electron chi connectivity index (χ0n) is 11.6. The first-order valence-electron chi connectivity index (χ1n) is 6.59. The predicted octanol–water partition coefficient (Wildman–Crippen LogP) is 2.21. The van der Waals surface area contributed by atoms with Crippen LogP contribution in [0.2, 0.25) is 0 Å². The summed E-state index contributed by atoms with van der Waals surface area (Å²) in [6.07, 6.45) is 4.27. The van der Waals surface area contributed by atoms with Gasteiger partial charge in [0.2, 0.25) is 5.91 Å². The fraction of sp³-hybridized carbons (Fsp3) is 0.333. The van der Waals surface area contributed by atoms with Crippen LogP contribution in [0.25, 0.3) is 0 Å². The molecule has 1 amide bonds. The van der Waals surface area contributed by atoms with E-state index >= 15 is 0 Å². The topological polar surface area (TPSA) is 38.1 Å². The molecule has 2 aromatic rings. The van der Waals surface area contributed by atoms with Crippen LogP contribution in [0.15, 0.2) is 42.7 Å². The molecule has 20 heavy (non-hydrogen) atoms. The van der Waals surface area contributed by atoms with Crippen LogP contribution in [0.3, 0.4) is 0 Å². The first kappa shape index (κ1) is 14.7. The van der Waals surface area contributed by atoms with Gasteiger partial charge in [-0.15, -0.1) is 0 Å².